The highest BCUT2D eigenvalue weighted by atomic mass is 32.2. The Morgan fingerprint density at radius 3 is 2.77 bits per heavy atom. The number of rotatable bonds is 7. The molecule has 1 aliphatic heterocycles. The van der Waals surface area contributed by atoms with Gasteiger partial charge in [0.1, 0.15) is 5.69 Å². The molecule has 0 radical (unpaired) electrons. The van der Waals surface area contributed by atoms with Gasteiger partial charge < -0.3 is 10.0 Å². The van der Waals surface area contributed by atoms with Gasteiger partial charge in [-0.05, 0) is 13.3 Å². The first kappa shape index (κ1) is 20.3. The van der Waals surface area contributed by atoms with Crippen LogP contribution in [-0.2, 0) is 33.2 Å². The van der Waals surface area contributed by atoms with Gasteiger partial charge in [-0.2, -0.15) is 22.3 Å². The van der Waals surface area contributed by atoms with Crippen LogP contribution in [0.1, 0.15) is 36.7 Å². The number of carbonyl (C=O) groups is 1. The predicted octanol–water partition coefficient (Wildman–Crippen LogP) is 2.24. The zero-order valence-electron chi connectivity index (χ0n) is 14.5. The maximum absolute atomic E-state index is 14.6. The Labute approximate surface area is 150 Å². The Morgan fingerprint density at radius 2 is 2.19 bits per heavy atom. The van der Waals surface area contributed by atoms with Crippen molar-refractivity contribution < 1.29 is 31.3 Å². The lowest BCUT2D eigenvalue weighted by molar-refractivity contribution is -0.0195. The predicted molar refractivity (Wildman–Crippen MR) is 88.4 cm³/mol. The third kappa shape index (κ3) is 4.79. The maximum Gasteiger partial charge on any atom is 0.407 e. The van der Waals surface area contributed by atoms with Gasteiger partial charge in [0.25, 0.3) is 16.0 Å². The second-order valence-corrected chi connectivity index (χ2v) is 8.06. The molecule has 1 amide bonds. The average Bonchev–Trinajstić information content (AvgIpc) is 2.92. The summed E-state index contributed by atoms with van der Waals surface area (Å²) in [4.78, 5) is 12.4. The van der Waals surface area contributed by atoms with Crippen LogP contribution >= 0.6 is 0 Å². The Kier molecular flexibility index (Phi) is 5.71. The van der Waals surface area contributed by atoms with Crippen molar-refractivity contribution in [1.82, 2.24) is 15.1 Å². The van der Waals surface area contributed by atoms with Crippen LogP contribution in [0.3, 0.4) is 0 Å². The number of nitrogens with zero attached hydrogens (tertiary/aromatic N) is 2. The summed E-state index contributed by atoms with van der Waals surface area (Å²) in [6, 6.07) is -0.338. The molecule has 2 heterocycles. The van der Waals surface area contributed by atoms with Gasteiger partial charge in [0.2, 0.25) is 0 Å². The molecular formula is C15H21F2N3O5S. The van der Waals surface area contributed by atoms with Crippen LogP contribution in [0.2, 0.25) is 0 Å². The molecule has 0 unspecified atom stereocenters. The Bertz CT molecular complexity index is 806. The normalized spacial score (nSPS) is 17.8. The van der Waals surface area contributed by atoms with E-state index in [1.54, 1.807) is 6.92 Å². The summed E-state index contributed by atoms with van der Waals surface area (Å²) in [6.07, 6.45) is -0.841. The largest absolute Gasteiger partial charge is 0.465 e. The highest BCUT2D eigenvalue weighted by Crippen LogP contribution is 2.38. The fourth-order valence-electron chi connectivity index (χ4n) is 2.75. The smallest absolute Gasteiger partial charge is 0.407 e. The van der Waals surface area contributed by atoms with E-state index in [4.69, 9.17) is 0 Å². The number of halogens is 2. The van der Waals surface area contributed by atoms with Crippen molar-refractivity contribution in [1.29, 1.82) is 0 Å². The molecule has 0 bridgehead atoms. The number of hydrogen-bond acceptors (Lipinski definition) is 5. The summed E-state index contributed by atoms with van der Waals surface area (Å²) in [6.45, 7) is 4.71. The van der Waals surface area contributed by atoms with Crippen molar-refractivity contribution in [3.05, 3.63) is 29.1 Å². The van der Waals surface area contributed by atoms with Crippen molar-refractivity contribution in [2.45, 2.75) is 44.7 Å². The van der Waals surface area contributed by atoms with Crippen LogP contribution in [-0.4, -0.2) is 53.6 Å². The first-order chi connectivity index (χ1) is 11.9. The summed E-state index contributed by atoms with van der Waals surface area (Å²) >= 11 is 0. The van der Waals surface area contributed by atoms with Gasteiger partial charge in [0.05, 0.1) is 19.4 Å². The van der Waals surface area contributed by atoms with E-state index >= 15 is 0 Å². The third-order valence-electron chi connectivity index (χ3n) is 4.17. The molecule has 26 heavy (non-hydrogen) atoms. The molecule has 146 valence electrons. The molecule has 1 aromatic rings. The molecule has 0 saturated heterocycles. The summed E-state index contributed by atoms with van der Waals surface area (Å²) < 4.78 is 55.5. The standard InChI is InChI=1S/C15H21F2N3O5S/c1-9(8-25-26(3,23)24)4-5-15(16,17)13-11-7-20(14(21)22)10(2)6-12(11)18-19-13/h10H,1,4-8H2,2-3H3,(H,18,19)(H,21,22)/t10-/m1/s1. The number of carboxylic acid groups (broad SMARTS) is 1. The minimum absolute atomic E-state index is 0.161. The number of hydrogen-bond donors (Lipinski definition) is 2. The van der Waals surface area contributed by atoms with Gasteiger partial charge in [-0.3, -0.25) is 9.28 Å². The van der Waals surface area contributed by atoms with Crippen LogP contribution in [0.25, 0.3) is 0 Å². The number of H-pyrrole nitrogens is 1. The lowest BCUT2D eigenvalue weighted by Crippen LogP contribution is -2.42. The van der Waals surface area contributed by atoms with E-state index < -0.39 is 34.2 Å². The van der Waals surface area contributed by atoms with E-state index in [1.807, 2.05) is 0 Å². The fourth-order valence-corrected chi connectivity index (χ4v) is 3.13. The lowest BCUT2D eigenvalue weighted by atomic mass is 9.96. The van der Waals surface area contributed by atoms with Crippen molar-refractivity contribution in [2.75, 3.05) is 12.9 Å². The van der Waals surface area contributed by atoms with Crippen LogP contribution in [0.15, 0.2) is 12.2 Å². The summed E-state index contributed by atoms with van der Waals surface area (Å²) in [5.41, 5.74) is 0.417. The van der Waals surface area contributed by atoms with Crippen LogP contribution in [0.5, 0.6) is 0 Å². The van der Waals surface area contributed by atoms with E-state index in [1.165, 1.54) is 0 Å². The average molecular weight is 393 g/mol. The molecule has 2 N–H and O–H groups in total. The Hall–Kier alpha value is -2.01. The van der Waals surface area contributed by atoms with Gasteiger partial charge in [-0.1, -0.05) is 12.2 Å². The quantitative estimate of drug-likeness (QED) is 0.543. The van der Waals surface area contributed by atoms with Gasteiger partial charge in [-0.25, -0.2) is 4.79 Å². The molecule has 0 aliphatic carbocycles. The zero-order chi connectivity index (χ0) is 19.7. The minimum atomic E-state index is -3.67. The highest BCUT2D eigenvalue weighted by Gasteiger charge is 2.40. The number of nitrogens with one attached hydrogen (secondary N) is 1. The molecule has 2 rings (SSSR count). The maximum atomic E-state index is 14.6. The van der Waals surface area contributed by atoms with Crippen molar-refractivity contribution >= 4 is 16.2 Å². The van der Waals surface area contributed by atoms with Crippen molar-refractivity contribution in [2.24, 2.45) is 0 Å². The third-order valence-corrected chi connectivity index (χ3v) is 4.72. The number of amides is 1. The zero-order valence-corrected chi connectivity index (χ0v) is 15.3. The Morgan fingerprint density at radius 1 is 1.54 bits per heavy atom. The monoisotopic (exact) mass is 393 g/mol. The Balaban J connectivity index is 2.09. The van der Waals surface area contributed by atoms with Crippen LogP contribution in [0.4, 0.5) is 13.6 Å². The van der Waals surface area contributed by atoms with Crippen molar-refractivity contribution in [3.63, 3.8) is 0 Å². The molecule has 0 saturated carbocycles. The van der Waals surface area contributed by atoms with Crippen molar-refractivity contribution in [3.8, 4) is 0 Å². The number of alkyl halides is 2. The molecule has 1 aromatic heterocycles. The molecule has 1 atom stereocenters. The first-order valence-electron chi connectivity index (χ1n) is 7.85. The SMILES string of the molecule is C=C(CCC(F)(F)c1n[nH]c2c1CN(C(=O)O)[C@H](C)C2)COS(C)(=O)=O. The van der Waals surface area contributed by atoms with Gasteiger partial charge in [0, 0.05) is 30.1 Å². The molecular weight excluding hydrogens is 372 g/mol. The number of fused-ring (bicyclic) bond motifs is 1. The van der Waals surface area contributed by atoms with Gasteiger partial charge in [0.15, 0.2) is 0 Å². The number of aromatic nitrogens is 2. The van der Waals surface area contributed by atoms with Crippen LogP contribution < -0.4 is 0 Å². The van der Waals surface area contributed by atoms with Gasteiger partial charge >= 0.3 is 6.09 Å². The molecule has 0 fully saturated rings. The minimum Gasteiger partial charge on any atom is -0.465 e. The molecule has 0 spiro atoms. The van der Waals surface area contributed by atoms with E-state index in [0.717, 1.165) is 11.2 Å². The van der Waals surface area contributed by atoms with E-state index in [-0.39, 0.29) is 43.2 Å². The highest BCUT2D eigenvalue weighted by molar-refractivity contribution is 7.85. The summed E-state index contributed by atoms with van der Waals surface area (Å²) in [5, 5.41) is 15.5. The molecule has 8 nitrogen and oxygen atoms in total. The fraction of sp³-hybridized carbons (Fsp3) is 0.600. The molecule has 11 heteroatoms. The lowest BCUT2D eigenvalue weighted by Gasteiger charge is -2.31. The second kappa shape index (κ2) is 7.31. The van der Waals surface area contributed by atoms with E-state index in [0.29, 0.717) is 5.69 Å². The summed E-state index contributed by atoms with van der Waals surface area (Å²) in [5.74, 6) is -3.32. The van der Waals surface area contributed by atoms with Gasteiger partial charge in [-0.15, -0.1) is 0 Å². The van der Waals surface area contributed by atoms with E-state index in [2.05, 4.69) is 21.0 Å². The molecule has 0 aromatic carbocycles. The second-order valence-electron chi connectivity index (χ2n) is 6.41. The number of aromatic amines is 1. The van der Waals surface area contributed by atoms with Crippen LogP contribution in [0, 0.1) is 0 Å². The topological polar surface area (TPSA) is 113 Å². The first-order valence-corrected chi connectivity index (χ1v) is 9.67. The molecule has 1 aliphatic rings. The van der Waals surface area contributed by atoms with E-state index in [9.17, 15) is 27.1 Å². The summed E-state index contributed by atoms with van der Waals surface area (Å²) in [7, 11) is -3.67.